The summed E-state index contributed by atoms with van der Waals surface area (Å²) in [5.41, 5.74) is 4.37. The molecule has 8 heteroatoms. The Labute approximate surface area is 156 Å². The first-order chi connectivity index (χ1) is 12.7. The van der Waals surface area contributed by atoms with Crippen molar-refractivity contribution in [3.8, 4) is 0 Å². The van der Waals surface area contributed by atoms with Gasteiger partial charge in [0.25, 0.3) is 0 Å². The highest BCUT2D eigenvalue weighted by Crippen LogP contribution is 2.32. The molecule has 0 saturated carbocycles. The Hall–Kier alpha value is -2.03. The molecule has 2 N–H and O–H groups in total. The minimum absolute atomic E-state index is 0.510. The van der Waals surface area contributed by atoms with E-state index in [0.717, 1.165) is 55.2 Å². The molecule has 0 amide bonds. The second-order valence-electron chi connectivity index (χ2n) is 6.75. The summed E-state index contributed by atoms with van der Waals surface area (Å²) < 4.78 is 6.32. The van der Waals surface area contributed by atoms with Crippen LogP contribution >= 0.6 is 11.3 Å². The SMILES string of the molecule is COCc1cc(CNC2CCN(c3ncnc4c(C)csc34)CC2)n[nH]1. The lowest BCUT2D eigenvalue weighted by molar-refractivity contribution is 0.181. The Balaban J connectivity index is 1.33. The second-order valence-corrected chi connectivity index (χ2v) is 7.63. The van der Waals surface area contributed by atoms with E-state index in [1.165, 1.54) is 10.3 Å². The van der Waals surface area contributed by atoms with Crippen LogP contribution in [0.25, 0.3) is 10.2 Å². The van der Waals surface area contributed by atoms with Gasteiger partial charge in [0.1, 0.15) is 12.1 Å². The highest BCUT2D eigenvalue weighted by Gasteiger charge is 2.22. The quantitative estimate of drug-likeness (QED) is 0.692. The minimum Gasteiger partial charge on any atom is -0.378 e. The molecule has 1 saturated heterocycles. The van der Waals surface area contributed by atoms with Crippen molar-refractivity contribution in [1.29, 1.82) is 0 Å². The normalized spacial score (nSPS) is 15.8. The fourth-order valence-electron chi connectivity index (χ4n) is 3.46. The lowest BCUT2D eigenvalue weighted by Gasteiger charge is -2.33. The van der Waals surface area contributed by atoms with E-state index in [2.05, 4.69) is 48.8 Å². The Morgan fingerprint density at radius 1 is 1.35 bits per heavy atom. The van der Waals surface area contributed by atoms with Crippen LogP contribution in [-0.4, -0.2) is 46.4 Å². The summed E-state index contributed by atoms with van der Waals surface area (Å²) in [4.78, 5) is 11.4. The zero-order valence-electron chi connectivity index (χ0n) is 15.2. The molecule has 0 aliphatic carbocycles. The van der Waals surface area contributed by atoms with E-state index in [9.17, 15) is 0 Å². The molecule has 4 rings (SSSR count). The van der Waals surface area contributed by atoms with Crippen LogP contribution in [-0.2, 0) is 17.9 Å². The van der Waals surface area contributed by atoms with Crippen molar-refractivity contribution in [2.45, 2.75) is 39.0 Å². The van der Waals surface area contributed by atoms with E-state index < -0.39 is 0 Å². The van der Waals surface area contributed by atoms with Crippen molar-refractivity contribution >= 4 is 27.4 Å². The predicted octanol–water partition coefficient (Wildman–Crippen LogP) is 2.63. The molecule has 0 atom stereocenters. The van der Waals surface area contributed by atoms with Gasteiger partial charge >= 0.3 is 0 Å². The number of piperidine rings is 1. The molecule has 0 aromatic carbocycles. The molecule has 1 aliphatic heterocycles. The van der Waals surface area contributed by atoms with Crippen LogP contribution in [0.5, 0.6) is 0 Å². The van der Waals surface area contributed by atoms with Crippen LogP contribution in [0, 0.1) is 6.92 Å². The topological polar surface area (TPSA) is 79.0 Å². The maximum atomic E-state index is 5.11. The van der Waals surface area contributed by atoms with Gasteiger partial charge in [0.15, 0.2) is 0 Å². The van der Waals surface area contributed by atoms with Gasteiger partial charge in [0, 0.05) is 32.8 Å². The molecule has 7 nitrogen and oxygen atoms in total. The molecule has 1 fully saturated rings. The van der Waals surface area contributed by atoms with Gasteiger partial charge in [0.05, 0.1) is 28.2 Å². The van der Waals surface area contributed by atoms with E-state index >= 15 is 0 Å². The first-order valence-electron chi connectivity index (χ1n) is 8.94. The van der Waals surface area contributed by atoms with Gasteiger partial charge in [-0.3, -0.25) is 5.10 Å². The number of ether oxygens (including phenoxy) is 1. The fourth-order valence-corrected chi connectivity index (χ4v) is 4.47. The Morgan fingerprint density at radius 3 is 3.00 bits per heavy atom. The monoisotopic (exact) mass is 372 g/mol. The number of H-pyrrole nitrogens is 1. The molecule has 0 unspecified atom stereocenters. The zero-order valence-corrected chi connectivity index (χ0v) is 16.0. The van der Waals surface area contributed by atoms with Crippen molar-refractivity contribution in [3.63, 3.8) is 0 Å². The van der Waals surface area contributed by atoms with Crippen molar-refractivity contribution in [3.05, 3.63) is 34.7 Å². The van der Waals surface area contributed by atoms with Gasteiger partial charge in [-0.25, -0.2) is 9.97 Å². The van der Waals surface area contributed by atoms with E-state index in [1.807, 2.05) is 0 Å². The first kappa shape index (κ1) is 17.4. The van der Waals surface area contributed by atoms with Crippen LogP contribution < -0.4 is 10.2 Å². The lowest BCUT2D eigenvalue weighted by Crippen LogP contribution is -2.42. The van der Waals surface area contributed by atoms with Gasteiger partial charge in [-0.15, -0.1) is 11.3 Å². The van der Waals surface area contributed by atoms with Crippen LogP contribution in [0.3, 0.4) is 0 Å². The van der Waals surface area contributed by atoms with Crippen molar-refractivity contribution in [2.75, 3.05) is 25.1 Å². The minimum atomic E-state index is 0.510. The number of nitrogens with one attached hydrogen (secondary N) is 2. The van der Waals surface area contributed by atoms with E-state index in [-0.39, 0.29) is 0 Å². The average Bonchev–Trinajstić information content (AvgIpc) is 3.28. The average molecular weight is 372 g/mol. The standard InChI is InChI=1S/C18H24N6OS/c1-12-10-26-17-16(12)20-11-21-18(17)24-5-3-13(4-6-24)19-8-14-7-15(9-25-2)23-22-14/h7,10-11,13,19H,3-6,8-9H2,1-2H3,(H,22,23). The summed E-state index contributed by atoms with van der Waals surface area (Å²) in [6.07, 6.45) is 3.90. The zero-order chi connectivity index (χ0) is 17.9. The molecule has 26 heavy (non-hydrogen) atoms. The summed E-state index contributed by atoms with van der Waals surface area (Å²) in [6, 6.07) is 2.57. The largest absolute Gasteiger partial charge is 0.378 e. The number of methoxy groups -OCH3 is 1. The number of rotatable bonds is 6. The number of hydrogen-bond acceptors (Lipinski definition) is 7. The summed E-state index contributed by atoms with van der Waals surface area (Å²) in [6.45, 7) is 5.49. The smallest absolute Gasteiger partial charge is 0.150 e. The molecule has 0 radical (unpaired) electrons. The maximum absolute atomic E-state index is 5.11. The molecule has 4 heterocycles. The summed E-state index contributed by atoms with van der Waals surface area (Å²) >= 11 is 1.74. The second kappa shape index (κ2) is 7.69. The molecule has 0 bridgehead atoms. The maximum Gasteiger partial charge on any atom is 0.150 e. The molecular formula is C18H24N6OS. The third-order valence-corrected chi connectivity index (χ3v) is 5.95. The number of aromatic nitrogens is 4. The number of fused-ring (bicyclic) bond motifs is 1. The van der Waals surface area contributed by atoms with Crippen LogP contribution in [0.2, 0.25) is 0 Å². The van der Waals surface area contributed by atoms with Gasteiger partial charge < -0.3 is 15.0 Å². The van der Waals surface area contributed by atoms with Gasteiger partial charge in [-0.2, -0.15) is 5.10 Å². The molecule has 3 aromatic rings. The summed E-state index contributed by atoms with van der Waals surface area (Å²) in [5.74, 6) is 1.09. The summed E-state index contributed by atoms with van der Waals surface area (Å²) in [7, 11) is 1.69. The van der Waals surface area contributed by atoms with Gasteiger partial charge in [-0.05, 0) is 36.8 Å². The predicted molar refractivity (Wildman–Crippen MR) is 104 cm³/mol. The Bertz CT molecular complexity index is 868. The number of nitrogens with zero attached hydrogens (tertiary/aromatic N) is 4. The van der Waals surface area contributed by atoms with E-state index in [0.29, 0.717) is 12.6 Å². The number of aryl methyl sites for hydroxylation is 1. The molecule has 1 aliphatic rings. The number of anilines is 1. The lowest BCUT2D eigenvalue weighted by atomic mass is 10.0. The third-order valence-electron chi connectivity index (χ3n) is 4.86. The van der Waals surface area contributed by atoms with Gasteiger partial charge in [-0.1, -0.05) is 0 Å². The Kier molecular flexibility index (Phi) is 5.14. The van der Waals surface area contributed by atoms with Crippen LogP contribution in [0.4, 0.5) is 5.82 Å². The molecule has 3 aromatic heterocycles. The van der Waals surface area contributed by atoms with Gasteiger partial charge in [0.2, 0.25) is 0 Å². The number of hydrogen-bond donors (Lipinski definition) is 2. The summed E-state index contributed by atoms with van der Waals surface area (Å²) in [5, 5.41) is 13.1. The third kappa shape index (κ3) is 3.58. The number of aromatic amines is 1. The highest BCUT2D eigenvalue weighted by atomic mass is 32.1. The molecular weight excluding hydrogens is 348 g/mol. The van der Waals surface area contributed by atoms with E-state index in [4.69, 9.17) is 4.74 Å². The van der Waals surface area contributed by atoms with E-state index in [1.54, 1.807) is 24.8 Å². The fraction of sp³-hybridized carbons (Fsp3) is 0.500. The molecule has 138 valence electrons. The molecule has 0 spiro atoms. The highest BCUT2D eigenvalue weighted by molar-refractivity contribution is 7.18. The number of thiophene rings is 1. The van der Waals surface area contributed by atoms with Crippen molar-refractivity contribution < 1.29 is 4.74 Å². The van der Waals surface area contributed by atoms with Crippen molar-refractivity contribution in [1.82, 2.24) is 25.5 Å². The van der Waals surface area contributed by atoms with Crippen molar-refractivity contribution in [2.24, 2.45) is 0 Å². The first-order valence-corrected chi connectivity index (χ1v) is 9.82. The Morgan fingerprint density at radius 2 is 2.19 bits per heavy atom. The van der Waals surface area contributed by atoms with Crippen LogP contribution in [0.15, 0.2) is 17.8 Å². The van der Waals surface area contributed by atoms with Crippen LogP contribution in [0.1, 0.15) is 29.8 Å².